The number of aromatic nitrogens is 6. The summed E-state index contributed by atoms with van der Waals surface area (Å²) in [5.74, 6) is 0.948. The number of carbonyl (C=O) groups excluding carboxylic acids is 1. The Labute approximate surface area is 237 Å². The lowest BCUT2D eigenvalue weighted by Gasteiger charge is -2.23. The molecule has 0 radical (unpaired) electrons. The number of anilines is 1. The highest BCUT2D eigenvalue weighted by Crippen LogP contribution is 2.36. The van der Waals surface area contributed by atoms with E-state index in [1.807, 2.05) is 61.3 Å². The van der Waals surface area contributed by atoms with Gasteiger partial charge < -0.3 is 15.0 Å². The van der Waals surface area contributed by atoms with E-state index in [9.17, 15) is 4.79 Å². The topological polar surface area (TPSA) is 111 Å². The van der Waals surface area contributed by atoms with Crippen LogP contribution in [0.25, 0.3) is 55.5 Å². The molecule has 1 aliphatic heterocycles. The zero-order chi connectivity index (χ0) is 27.9. The zero-order valence-corrected chi connectivity index (χ0v) is 23.1. The molecule has 41 heavy (non-hydrogen) atoms. The first-order valence-corrected chi connectivity index (χ1v) is 14.2. The lowest BCUT2D eigenvalue weighted by atomic mass is 10.0. The van der Waals surface area contributed by atoms with Gasteiger partial charge in [-0.25, -0.2) is 9.67 Å². The molecule has 1 unspecified atom stereocenters. The van der Waals surface area contributed by atoms with Gasteiger partial charge in [-0.1, -0.05) is 38.1 Å². The Morgan fingerprint density at radius 2 is 1.98 bits per heavy atom. The number of rotatable bonds is 6. The fraction of sp³-hybridized carbons (Fsp3) is 0.281. The van der Waals surface area contributed by atoms with Gasteiger partial charge in [-0.3, -0.25) is 14.8 Å². The van der Waals surface area contributed by atoms with Crippen molar-refractivity contribution in [3.63, 3.8) is 0 Å². The second-order valence-corrected chi connectivity index (χ2v) is 11.1. The molecule has 0 spiro atoms. The normalized spacial score (nSPS) is 15.7. The van der Waals surface area contributed by atoms with E-state index in [-0.39, 0.29) is 18.1 Å². The summed E-state index contributed by atoms with van der Waals surface area (Å²) >= 11 is 0. The van der Waals surface area contributed by atoms with E-state index < -0.39 is 0 Å². The molecule has 2 aromatic carbocycles. The van der Waals surface area contributed by atoms with Gasteiger partial charge in [-0.15, -0.1) is 0 Å². The third-order valence-corrected chi connectivity index (χ3v) is 7.53. The molecular formula is C32H31N7O2. The molecule has 9 nitrogen and oxygen atoms in total. The number of H-pyrrole nitrogens is 1. The Morgan fingerprint density at radius 1 is 1.07 bits per heavy atom. The van der Waals surface area contributed by atoms with E-state index >= 15 is 0 Å². The Morgan fingerprint density at radius 3 is 2.83 bits per heavy atom. The minimum absolute atomic E-state index is 0.0163. The number of aromatic amines is 1. The molecule has 1 saturated heterocycles. The van der Waals surface area contributed by atoms with Gasteiger partial charge in [0.25, 0.3) is 0 Å². The van der Waals surface area contributed by atoms with Crippen LogP contribution < -0.4 is 5.32 Å². The van der Waals surface area contributed by atoms with Gasteiger partial charge in [0.1, 0.15) is 11.2 Å². The van der Waals surface area contributed by atoms with Crippen LogP contribution in [0.3, 0.4) is 0 Å². The van der Waals surface area contributed by atoms with Crippen molar-refractivity contribution in [2.45, 2.75) is 45.8 Å². The van der Waals surface area contributed by atoms with Gasteiger partial charge in [0, 0.05) is 35.6 Å². The van der Waals surface area contributed by atoms with Crippen LogP contribution in [0.4, 0.5) is 5.69 Å². The second-order valence-electron chi connectivity index (χ2n) is 11.1. The SMILES string of the molecule is CC(C)CC(=O)Nc1cncc(-c2ccc3c(c2)c(-c2nc4c(cnc5ccccc54)[nH]2)nn3C2CCCCO2)c1. The van der Waals surface area contributed by atoms with Gasteiger partial charge in [-0.2, -0.15) is 5.10 Å². The van der Waals surface area contributed by atoms with Crippen LogP contribution in [-0.4, -0.2) is 42.2 Å². The molecule has 0 bridgehead atoms. The average Bonchev–Trinajstić information content (AvgIpc) is 3.59. The smallest absolute Gasteiger partial charge is 0.224 e. The fourth-order valence-corrected chi connectivity index (χ4v) is 5.60. The summed E-state index contributed by atoms with van der Waals surface area (Å²) in [5, 5.41) is 10.0. The molecule has 0 saturated carbocycles. The van der Waals surface area contributed by atoms with Crippen molar-refractivity contribution >= 4 is 44.4 Å². The van der Waals surface area contributed by atoms with Gasteiger partial charge >= 0.3 is 0 Å². The van der Waals surface area contributed by atoms with Crippen molar-refractivity contribution in [3.05, 3.63) is 67.1 Å². The summed E-state index contributed by atoms with van der Waals surface area (Å²) in [6, 6.07) is 16.3. The summed E-state index contributed by atoms with van der Waals surface area (Å²) in [5.41, 5.74) is 6.92. The summed E-state index contributed by atoms with van der Waals surface area (Å²) in [7, 11) is 0. The lowest BCUT2D eigenvalue weighted by Crippen LogP contribution is -2.19. The van der Waals surface area contributed by atoms with Gasteiger partial charge in [0.05, 0.1) is 34.6 Å². The first-order valence-electron chi connectivity index (χ1n) is 14.2. The number of nitrogens with zero attached hydrogens (tertiary/aromatic N) is 5. The number of hydrogen-bond donors (Lipinski definition) is 2. The maximum absolute atomic E-state index is 12.4. The van der Waals surface area contributed by atoms with Crippen molar-refractivity contribution in [1.82, 2.24) is 29.7 Å². The number of pyridine rings is 2. The third-order valence-electron chi connectivity index (χ3n) is 7.53. The number of fused-ring (bicyclic) bond motifs is 4. The van der Waals surface area contributed by atoms with E-state index in [2.05, 4.69) is 38.5 Å². The molecule has 1 amide bonds. The van der Waals surface area contributed by atoms with Crippen molar-refractivity contribution < 1.29 is 9.53 Å². The quantitative estimate of drug-likeness (QED) is 0.236. The first kappa shape index (κ1) is 25.3. The molecule has 7 rings (SSSR count). The summed E-state index contributed by atoms with van der Waals surface area (Å²) in [6.45, 7) is 4.78. The van der Waals surface area contributed by atoms with Crippen LogP contribution in [0.1, 0.15) is 45.8 Å². The second kappa shape index (κ2) is 10.4. The predicted octanol–water partition coefficient (Wildman–Crippen LogP) is 6.87. The van der Waals surface area contributed by atoms with Gasteiger partial charge in [-0.05, 0) is 55.0 Å². The number of imidazole rings is 1. The van der Waals surface area contributed by atoms with Crippen LogP contribution in [-0.2, 0) is 9.53 Å². The molecule has 4 aromatic heterocycles. The van der Waals surface area contributed by atoms with Crippen LogP contribution >= 0.6 is 0 Å². The number of para-hydroxylation sites is 1. The van der Waals surface area contributed by atoms with E-state index in [1.165, 1.54) is 0 Å². The van der Waals surface area contributed by atoms with Crippen molar-refractivity contribution in [1.29, 1.82) is 0 Å². The first-order chi connectivity index (χ1) is 20.0. The molecule has 1 atom stereocenters. The number of hydrogen-bond acceptors (Lipinski definition) is 6. The zero-order valence-electron chi connectivity index (χ0n) is 23.1. The van der Waals surface area contributed by atoms with E-state index in [4.69, 9.17) is 14.8 Å². The minimum atomic E-state index is -0.126. The lowest BCUT2D eigenvalue weighted by molar-refractivity contribution is -0.116. The molecule has 2 N–H and O–H groups in total. The highest BCUT2D eigenvalue weighted by molar-refractivity contribution is 6.04. The Balaban J connectivity index is 1.35. The molecule has 5 heterocycles. The van der Waals surface area contributed by atoms with E-state index in [1.54, 1.807) is 6.20 Å². The Hall–Kier alpha value is -4.63. The molecule has 6 aromatic rings. The van der Waals surface area contributed by atoms with Crippen LogP contribution in [0.5, 0.6) is 0 Å². The van der Waals surface area contributed by atoms with Crippen LogP contribution in [0, 0.1) is 5.92 Å². The maximum atomic E-state index is 12.4. The Bertz CT molecular complexity index is 1900. The van der Waals surface area contributed by atoms with Crippen molar-refractivity contribution in [3.8, 4) is 22.6 Å². The monoisotopic (exact) mass is 545 g/mol. The number of carbonyl (C=O) groups is 1. The molecule has 9 heteroatoms. The standard InChI is InChI=1S/C32H31N7O2/c1-19(2)13-28(40)35-22-14-21(16-33-17-22)20-10-11-27-24(15-20)31(38-39(27)29-9-5-6-12-41-29)32-36-26-18-34-25-8-4-3-7-23(25)30(26)37-32/h3-4,7-8,10-11,14-19,29H,5-6,9,12-13H2,1-2H3,(H,35,40)(H,36,37). The average molecular weight is 546 g/mol. The summed E-state index contributed by atoms with van der Waals surface area (Å²) in [4.78, 5) is 29.9. The summed E-state index contributed by atoms with van der Waals surface area (Å²) < 4.78 is 8.14. The highest BCUT2D eigenvalue weighted by Gasteiger charge is 2.24. The minimum Gasteiger partial charge on any atom is -0.356 e. The van der Waals surface area contributed by atoms with E-state index in [0.29, 0.717) is 17.9 Å². The van der Waals surface area contributed by atoms with Gasteiger partial charge in [0.2, 0.25) is 5.91 Å². The number of benzene rings is 2. The van der Waals surface area contributed by atoms with Crippen LogP contribution in [0.15, 0.2) is 67.1 Å². The molecule has 206 valence electrons. The number of amides is 1. The highest BCUT2D eigenvalue weighted by atomic mass is 16.5. The maximum Gasteiger partial charge on any atom is 0.224 e. The molecular weight excluding hydrogens is 514 g/mol. The summed E-state index contributed by atoms with van der Waals surface area (Å²) in [6.07, 6.45) is 8.73. The van der Waals surface area contributed by atoms with E-state index in [0.717, 1.165) is 75.5 Å². The number of nitrogens with one attached hydrogen (secondary N) is 2. The molecule has 0 aliphatic carbocycles. The van der Waals surface area contributed by atoms with Crippen molar-refractivity contribution in [2.24, 2.45) is 5.92 Å². The predicted molar refractivity (Wildman–Crippen MR) is 160 cm³/mol. The van der Waals surface area contributed by atoms with Gasteiger partial charge in [0.15, 0.2) is 12.1 Å². The largest absolute Gasteiger partial charge is 0.356 e. The fourth-order valence-electron chi connectivity index (χ4n) is 5.60. The molecule has 1 fully saturated rings. The van der Waals surface area contributed by atoms with Crippen molar-refractivity contribution in [2.75, 3.05) is 11.9 Å². The van der Waals surface area contributed by atoms with Crippen LogP contribution in [0.2, 0.25) is 0 Å². The Kier molecular flexibility index (Phi) is 6.43. The third kappa shape index (κ3) is 4.82. The molecule has 1 aliphatic rings. The number of ether oxygens (including phenoxy) is 1.